The summed E-state index contributed by atoms with van der Waals surface area (Å²) in [5.74, 6) is -0.302. The molecule has 7 nitrogen and oxygen atoms in total. The zero-order chi connectivity index (χ0) is 17.5. The standard InChI is InChI=1S/C17H24N4O3/c1-3-4-15(22)21-9-7-13(8-10-21)20-17(24)14-6-5-12(11-19-14)16(23)18-2/h5-6,11,13H,3-4,7-10H2,1-2H3,(H,18,23)(H,20,24). The van der Waals surface area contributed by atoms with Crippen molar-refractivity contribution in [1.82, 2.24) is 20.5 Å². The molecule has 0 unspecified atom stereocenters. The summed E-state index contributed by atoms with van der Waals surface area (Å²) in [5.41, 5.74) is 0.698. The summed E-state index contributed by atoms with van der Waals surface area (Å²) < 4.78 is 0. The number of rotatable bonds is 5. The minimum Gasteiger partial charge on any atom is -0.355 e. The van der Waals surface area contributed by atoms with E-state index >= 15 is 0 Å². The molecule has 2 rings (SSSR count). The van der Waals surface area contributed by atoms with Crippen LogP contribution in [0.1, 0.15) is 53.5 Å². The summed E-state index contributed by atoms with van der Waals surface area (Å²) in [6.45, 7) is 3.34. The van der Waals surface area contributed by atoms with Crippen LogP contribution in [0.2, 0.25) is 0 Å². The summed E-state index contributed by atoms with van der Waals surface area (Å²) in [4.78, 5) is 41.4. The van der Waals surface area contributed by atoms with Crippen LogP contribution in [0, 0.1) is 0 Å². The number of nitrogens with zero attached hydrogens (tertiary/aromatic N) is 2. The summed E-state index contributed by atoms with van der Waals surface area (Å²) in [6.07, 6.45) is 4.32. The monoisotopic (exact) mass is 332 g/mol. The minimum atomic E-state index is -0.253. The highest BCUT2D eigenvalue weighted by Gasteiger charge is 2.24. The van der Waals surface area contributed by atoms with Gasteiger partial charge in [-0.3, -0.25) is 19.4 Å². The zero-order valence-corrected chi connectivity index (χ0v) is 14.2. The van der Waals surface area contributed by atoms with Crippen LogP contribution in [0.4, 0.5) is 0 Å². The molecule has 1 aliphatic heterocycles. The number of amides is 3. The zero-order valence-electron chi connectivity index (χ0n) is 14.2. The van der Waals surface area contributed by atoms with Gasteiger partial charge in [-0.15, -0.1) is 0 Å². The topological polar surface area (TPSA) is 91.4 Å². The number of likely N-dealkylation sites (tertiary alicyclic amines) is 1. The lowest BCUT2D eigenvalue weighted by atomic mass is 10.0. The maximum Gasteiger partial charge on any atom is 0.270 e. The van der Waals surface area contributed by atoms with Gasteiger partial charge in [0.15, 0.2) is 0 Å². The van der Waals surface area contributed by atoms with E-state index in [1.165, 1.54) is 6.20 Å². The van der Waals surface area contributed by atoms with Crippen LogP contribution in [-0.2, 0) is 4.79 Å². The van der Waals surface area contributed by atoms with Gasteiger partial charge in [-0.25, -0.2) is 0 Å². The van der Waals surface area contributed by atoms with E-state index in [0.717, 1.165) is 19.3 Å². The van der Waals surface area contributed by atoms with E-state index < -0.39 is 0 Å². The number of carbonyl (C=O) groups excluding carboxylic acids is 3. The molecule has 1 saturated heterocycles. The van der Waals surface area contributed by atoms with Crippen molar-refractivity contribution in [2.75, 3.05) is 20.1 Å². The van der Waals surface area contributed by atoms with Crippen LogP contribution in [-0.4, -0.2) is 53.8 Å². The SMILES string of the molecule is CCCC(=O)N1CCC(NC(=O)c2ccc(C(=O)NC)cn2)CC1. The van der Waals surface area contributed by atoms with Crippen LogP contribution in [0.15, 0.2) is 18.3 Å². The Balaban J connectivity index is 1.85. The second-order valence-corrected chi connectivity index (χ2v) is 5.89. The van der Waals surface area contributed by atoms with Gasteiger partial charge in [-0.1, -0.05) is 6.92 Å². The van der Waals surface area contributed by atoms with Gasteiger partial charge in [0.1, 0.15) is 5.69 Å². The summed E-state index contributed by atoms with van der Waals surface area (Å²) >= 11 is 0. The predicted octanol–water partition coefficient (Wildman–Crippen LogP) is 0.962. The first-order chi connectivity index (χ1) is 11.5. The largest absolute Gasteiger partial charge is 0.355 e. The van der Waals surface area contributed by atoms with Gasteiger partial charge in [0.2, 0.25) is 5.91 Å². The van der Waals surface area contributed by atoms with Crippen LogP contribution in [0.3, 0.4) is 0 Å². The molecule has 2 heterocycles. The molecule has 0 radical (unpaired) electrons. The number of hydrogen-bond donors (Lipinski definition) is 2. The Labute approximate surface area is 141 Å². The highest BCUT2D eigenvalue weighted by atomic mass is 16.2. The van der Waals surface area contributed by atoms with Gasteiger partial charge < -0.3 is 15.5 Å². The minimum absolute atomic E-state index is 0.0450. The van der Waals surface area contributed by atoms with Crippen molar-refractivity contribution in [3.63, 3.8) is 0 Å². The number of aromatic nitrogens is 1. The van der Waals surface area contributed by atoms with Crippen LogP contribution in [0.25, 0.3) is 0 Å². The molecule has 0 atom stereocenters. The Kier molecular flexibility index (Phi) is 6.28. The molecular formula is C17H24N4O3. The highest BCUT2D eigenvalue weighted by molar-refractivity contribution is 5.96. The fourth-order valence-electron chi connectivity index (χ4n) is 2.71. The molecule has 0 aromatic carbocycles. The maximum atomic E-state index is 12.2. The average Bonchev–Trinajstić information content (AvgIpc) is 2.62. The van der Waals surface area contributed by atoms with Gasteiger partial charge in [0.05, 0.1) is 5.56 Å². The van der Waals surface area contributed by atoms with E-state index in [4.69, 9.17) is 0 Å². The third-order valence-electron chi connectivity index (χ3n) is 4.13. The van der Waals surface area contributed by atoms with E-state index in [1.54, 1.807) is 19.2 Å². The number of hydrogen-bond acceptors (Lipinski definition) is 4. The second-order valence-electron chi connectivity index (χ2n) is 5.89. The van der Waals surface area contributed by atoms with Gasteiger partial charge >= 0.3 is 0 Å². The molecule has 3 amide bonds. The van der Waals surface area contributed by atoms with Gasteiger partial charge in [-0.2, -0.15) is 0 Å². The molecule has 1 aromatic rings. The first kappa shape index (κ1) is 17.9. The van der Waals surface area contributed by atoms with Crippen LogP contribution in [0.5, 0.6) is 0 Å². The fourth-order valence-corrected chi connectivity index (χ4v) is 2.71. The van der Waals surface area contributed by atoms with E-state index in [9.17, 15) is 14.4 Å². The molecule has 7 heteroatoms. The molecule has 1 aliphatic rings. The molecular weight excluding hydrogens is 308 g/mol. The Morgan fingerprint density at radius 3 is 2.46 bits per heavy atom. The number of carbonyl (C=O) groups is 3. The molecule has 24 heavy (non-hydrogen) atoms. The van der Waals surface area contributed by atoms with Gasteiger partial charge in [0.25, 0.3) is 11.8 Å². The van der Waals surface area contributed by atoms with Crippen molar-refractivity contribution in [1.29, 1.82) is 0 Å². The quantitative estimate of drug-likeness (QED) is 0.840. The first-order valence-electron chi connectivity index (χ1n) is 8.32. The first-order valence-corrected chi connectivity index (χ1v) is 8.32. The molecule has 2 N–H and O–H groups in total. The summed E-state index contributed by atoms with van der Waals surface area (Å²) in [6, 6.07) is 3.16. The van der Waals surface area contributed by atoms with Crippen LogP contribution >= 0.6 is 0 Å². The van der Waals surface area contributed by atoms with E-state index in [1.807, 2.05) is 11.8 Å². The van der Waals surface area contributed by atoms with Gasteiger partial charge in [0, 0.05) is 38.8 Å². The van der Waals surface area contributed by atoms with Crippen molar-refractivity contribution in [2.45, 2.75) is 38.6 Å². The summed E-state index contributed by atoms with van der Waals surface area (Å²) in [7, 11) is 1.54. The maximum absolute atomic E-state index is 12.2. The van der Waals surface area contributed by atoms with Crippen molar-refractivity contribution in [3.8, 4) is 0 Å². The highest BCUT2D eigenvalue weighted by Crippen LogP contribution is 2.13. The third kappa shape index (κ3) is 4.53. The molecule has 0 aliphatic carbocycles. The second kappa shape index (κ2) is 8.42. The third-order valence-corrected chi connectivity index (χ3v) is 4.13. The smallest absolute Gasteiger partial charge is 0.270 e. The Hall–Kier alpha value is -2.44. The molecule has 1 aromatic heterocycles. The molecule has 0 saturated carbocycles. The predicted molar refractivity (Wildman–Crippen MR) is 89.6 cm³/mol. The van der Waals surface area contributed by atoms with E-state index in [0.29, 0.717) is 25.1 Å². The van der Waals surface area contributed by atoms with Crippen LogP contribution < -0.4 is 10.6 Å². The molecule has 0 bridgehead atoms. The lowest BCUT2D eigenvalue weighted by Crippen LogP contribution is -2.46. The average molecular weight is 332 g/mol. The van der Waals surface area contributed by atoms with Crippen molar-refractivity contribution >= 4 is 17.7 Å². The number of nitrogens with one attached hydrogen (secondary N) is 2. The Bertz CT molecular complexity index is 592. The molecule has 1 fully saturated rings. The van der Waals surface area contributed by atoms with Crippen molar-refractivity contribution in [2.24, 2.45) is 0 Å². The van der Waals surface area contributed by atoms with Crippen molar-refractivity contribution < 1.29 is 14.4 Å². The Morgan fingerprint density at radius 1 is 1.21 bits per heavy atom. The molecule has 0 spiro atoms. The lowest BCUT2D eigenvalue weighted by Gasteiger charge is -2.32. The number of piperidine rings is 1. The van der Waals surface area contributed by atoms with E-state index in [-0.39, 0.29) is 29.5 Å². The fraction of sp³-hybridized carbons (Fsp3) is 0.529. The van der Waals surface area contributed by atoms with E-state index in [2.05, 4.69) is 15.6 Å². The normalized spacial score (nSPS) is 15.0. The molecule has 130 valence electrons. The number of pyridine rings is 1. The Morgan fingerprint density at radius 2 is 1.92 bits per heavy atom. The summed E-state index contributed by atoms with van der Waals surface area (Å²) in [5, 5.41) is 5.46. The lowest BCUT2D eigenvalue weighted by molar-refractivity contribution is -0.132. The van der Waals surface area contributed by atoms with Crippen molar-refractivity contribution in [3.05, 3.63) is 29.6 Å². The van der Waals surface area contributed by atoms with Gasteiger partial charge in [-0.05, 0) is 31.4 Å².